The van der Waals surface area contributed by atoms with Crippen LogP contribution >= 0.6 is 12.2 Å². The standard InChI is InChI=1S/C12H14N2S/c1-10(14-8-7-13-12(14)15)9-11-5-3-2-4-6-11/h2-8,10H,9H2,1H3,(H,13,15). The molecule has 2 rings (SSSR count). The molecule has 1 heterocycles. The van der Waals surface area contributed by atoms with Gasteiger partial charge in [-0.1, -0.05) is 30.3 Å². The van der Waals surface area contributed by atoms with E-state index in [4.69, 9.17) is 12.2 Å². The van der Waals surface area contributed by atoms with E-state index in [1.165, 1.54) is 5.56 Å². The number of aromatic nitrogens is 2. The number of imidazole rings is 1. The van der Waals surface area contributed by atoms with Gasteiger partial charge in [0.05, 0.1) is 0 Å². The molecule has 0 fully saturated rings. The summed E-state index contributed by atoms with van der Waals surface area (Å²) >= 11 is 5.19. The minimum Gasteiger partial charge on any atom is -0.337 e. The molecule has 0 aliphatic heterocycles. The minimum absolute atomic E-state index is 0.395. The van der Waals surface area contributed by atoms with E-state index in [0.717, 1.165) is 11.2 Å². The molecule has 0 saturated carbocycles. The van der Waals surface area contributed by atoms with E-state index < -0.39 is 0 Å². The van der Waals surface area contributed by atoms with Crippen LogP contribution in [0.5, 0.6) is 0 Å². The summed E-state index contributed by atoms with van der Waals surface area (Å²) in [6.07, 6.45) is 4.88. The number of rotatable bonds is 3. The van der Waals surface area contributed by atoms with Crippen LogP contribution < -0.4 is 0 Å². The highest BCUT2D eigenvalue weighted by atomic mass is 32.1. The summed E-state index contributed by atoms with van der Waals surface area (Å²) in [5, 5.41) is 0. The van der Waals surface area contributed by atoms with Crippen molar-refractivity contribution in [2.75, 3.05) is 0 Å². The Morgan fingerprint density at radius 2 is 2.07 bits per heavy atom. The summed E-state index contributed by atoms with van der Waals surface area (Å²) in [7, 11) is 0. The molecule has 0 radical (unpaired) electrons. The summed E-state index contributed by atoms with van der Waals surface area (Å²) in [4.78, 5) is 3.01. The maximum Gasteiger partial charge on any atom is 0.177 e. The van der Waals surface area contributed by atoms with Gasteiger partial charge in [-0.15, -0.1) is 0 Å². The zero-order valence-electron chi connectivity index (χ0n) is 8.68. The van der Waals surface area contributed by atoms with E-state index in [0.29, 0.717) is 6.04 Å². The predicted molar refractivity (Wildman–Crippen MR) is 64.5 cm³/mol. The Morgan fingerprint density at radius 3 is 2.67 bits per heavy atom. The number of hydrogen-bond acceptors (Lipinski definition) is 1. The fraction of sp³-hybridized carbons (Fsp3) is 0.250. The van der Waals surface area contributed by atoms with Crippen LogP contribution in [-0.4, -0.2) is 9.55 Å². The minimum atomic E-state index is 0.395. The summed E-state index contributed by atoms with van der Waals surface area (Å²) in [6.45, 7) is 2.18. The Kier molecular flexibility index (Phi) is 3.02. The molecule has 2 nitrogen and oxygen atoms in total. The molecule has 1 aromatic carbocycles. The smallest absolute Gasteiger partial charge is 0.177 e. The molecule has 0 aliphatic carbocycles. The highest BCUT2D eigenvalue weighted by Gasteiger charge is 2.05. The lowest BCUT2D eigenvalue weighted by molar-refractivity contribution is 0.538. The second-order valence-corrected chi connectivity index (χ2v) is 4.10. The molecule has 1 N–H and O–H groups in total. The maximum atomic E-state index is 5.19. The van der Waals surface area contributed by atoms with E-state index >= 15 is 0 Å². The molecule has 0 aliphatic rings. The first kappa shape index (κ1) is 10.2. The fourth-order valence-corrected chi connectivity index (χ4v) is 2.04. The van der Waals surface area contributed by atoms with Crippen LogP contribution in [0.3, 0.4) is 0 Å². The van der Waals surface area contributed by atoms with Crippen molar-refractivity contribution in [1.82, 2.24) is 9.55 Å². The molecule has 0 amide bonds. The largest absolute Gasteiger partial charge is 0.337 e. The predicted octanol–water partition coefficient (Wildman–Crippen LogP) is 3.35. The molecule has 15 heavy (non-hydrogen) atoms. The highest BCUT2D eigenvalue weighted by Crippen LogP contribution is 2.13. The van der Waals surface area contributed by atoms with Gasteiger partial charge in [-0.05, 0) is 31.1 Å². The van der Waals surface area contributed by atoms with E-state index in [1.54, 1.807) is 0 Å². The van der Waals surface area contributed by atoms with E-state index in [1.807, 2.05) is 18.5 Å². The zero-order chi connectivity index (χ0) is 10.7. The summed E-state index contributed by atoms with van der Waals surface area (Å²) in [5.74, 6) is 0. The van der Waals surface area contributed by atoms with Gasteiger partial charge in [-0.2, -0.15) is 0 Å². The van der Waals surface area contributed by atoms with Crippen LogP contribution in [0.2, 0.25) is 0 Å². The van der Waals surface area contributed by atoms with Crippen molar-refractivity contribution < 1.29 is 0 Å². The van der Waals surface area contributed by atoms with Crippen LogP contribution in [0.4, 0.5) is 0 Å². The van der Waals surface area contributed by atoms with Crippen LogP contribution in [0, 0.1) is 4.77 Å². The average Bonchev–Trinajstić information content (AvgIpc) is 2.66. The first-order valence-electron chi connectivity index (χ1n) is 5.07. The molecular weight excluding hydrogens is 204 g/mol. The van der Waals surface area contributed by atoms with Crippen molar-refractivity contribution >= 4 is 12.2 Å². The second-order valence-electron chi connectivity index (χ2n) is 3.71. The third kappa shape index (κ3) is 2.36. The number of H-pyrrole nitrogens is 1. The fourth-order valence-electron chi connectivity index (χ4n) is 1.73. The van der Waals surface area contributed by atoms with Crippen LogP contribution in [0.25, 0.3) is 0 Å². The molecule has 1 atom stereocenters. The van der Waals surface area contributed by atoms with E-state index in [-0.39, 0.29) is 0 Å². The molecule has 1 aromatic heterocycles. The lowest BCUT2D eigenvalue weighted by Gasteiger charge is -2.12. The molecule has 0 spiro atoms. The molecule has 3 heteroatoms. The first-order valence-corrected chi connectivity index (χ1v) is 5.47. The average molecular weight is 218 g/mol. The third-order valence-corrected chi connectivity index (χ3v) is 2.85. The Hall–Kier alpha value is -1.35. The molecular formula is C12H14N2S. The van der Waals surface area contributed by atoms with Gasteiger partial charge in [-0.25, -0.2) is 0 Å². The monoisotopic (exact) mass is 218 g/mol. The lowest BCUT2D eigenvalue weighted by Crippen LogP contribution is -2.07. The van der Waals surface area contributed by atoms with Gasteiger partial charge in [0, 0.05) is 18.4 Å². The van der Waals surface area contributed by atoms with Crippen molar-refractivity contribution in [2.45, 2.75) is 19.4 Å². The number of hydrogen-bond donors (Lipinski definition) is 1. The van der Waals surface area contributed by atoms with Gasteiger partial charge in [-0.3, -0.25) is 0 Å². The van der Waals surface area contributed by atoms with E-state index in [9.17, 15) is 0 Å². The number of aromatic amines is 1. The van der Waals surface area contributed by atoms with Crippen LogP contribution in [0.1, 0.15) is 18.5 Å². The normalized spacial score (nSPS) is 12.6. The van der Waals surface area contributed by atoms with Gasteiger partial charge >= 0.3 is 0 Å². The Morgan fingerprint density at radius 1 is 1.33 bits per heavy atom. The summed E-state index contributed by atoms with van der Waals surface area (Å²) in [5.41, 5.74) is 1.34. The number of nitrogens with zero attached hydrogens (tertiary/aromatic N) is 1. The van der Waals surface area contributed by atoms with Crippen molar-refractivity contribution in [1.29, 1.82) is 0 Å². The third-order valence-electron chi connectivity index (χ3n) is 2.53. The summed E-state index contributed by atoms with van der Waals surface area (Å²) < 4.78 is 2.88. The maximum absolute atomic E-state index is 5.19. The Bertz CT molecular complexity index is 470. The van der Waals surface area contributed by atoms with Gasteiger partial charge in [0.25, 0.3) is 0 Å². The van der Waals surface area contributed by atoms with Gasteiger partial charge in [0.15, 0.2) is 4.77 Å². The highest BCUT2D eigenvalue weighted by molar-refractivity contribution is 7.71. The molecule has 78 valence electrons. The first-order chi connectivity index (χ1) is 7.27. The summed E-state index contributed by atoms with van der Waals surface area (Å²) in [6, 6.07) is 10.9. The van der Waals surface area contributed by atoms with Crippen LogP contribution in [0.15, 0.2) is 42.7 Å². The SMILES string of the molecule is CC(Cc1ccccc1)n1cc[nH]c1=S. The van der Waals surface area contributed by atoms with Gasteiger partial charge in [0.2, 0.25) is 0 Å². The van der Waals surface area contributed by atoms with Crippen molar-refractivity contribution in [3.05, 3.63) is 53.1 Å². The zero-order valence-corrected chi connectivity index (χ0v) is 9.50. The van der Waals surface area contributed by atoms with E-state index in [2.05, 4.69) is 40.7 Å². The number of nitrogens with one attached hydrogen (secondary N) is 1. The van der Waals surface area contributed by atoms with Crippen LogP contribution in [-0.2, 0) is 6.42 Å². The molecule has 2 aromatic rings. The Balaban J connectivity index is 2.14. The van der Waals surface area contributed by atoms with Crippen molar-refractivity contribution in [2.24, 2.45) is 0 Å². The quantitative estimate of drug-likeness (QED) is 0.783. The number of benzene rings is 1. The van der Waals surface area contributed by atoms with Crippen molar-refractivity contribution in [3.8, 4) is 0 Å². The molecule has 0 bridgehead atoms. The van der Waals surface area contributed by atoms with Gasteiger partial charge < -0.3 is 9.55 Å². The van der Waals surface area contributed by atoms with Crippen molar-refractivity contribution in [3.63, 3.8) is 0 Å². The van der Waals surface area contributed by atoms with Gasteiger partial charge in [0.1, 0.15) is 0 Å². The lowest BCUT2D eigenvalue weighted by atomic mass is 10.1. The topological polar surface area (TPSA) is 20.7 Å². The molecule has 0 saturated heterocycles. The molecule has 1 unspecified atom stereocenters. The second kappa shape index (κ2) is 4.45. The Labute approximate surface area is 94.6 Å².